The number of aliphatic hydroxyl groups is 1. The van der Waals surface area contributed by atoms with Gasteiger partial charge in [0.05, 0.1) is 11.8 Å². The van der Waals surface area contributed by atoms with Gasteiger partial charge in [0.15, 0.2) is 0 Å². The summed E-state index contributed by atoms with van der Waals surface area (Å²) in [6.45, 7) is 2.52. The molecule has 23 heavy (non-hydrogen) atoms. The molecule has 0 aliphatic carbocycles. The SMILES string of the molecule is CC(O)c1cc(O)ccc1/C=C1\CCCN=C1c1cccnc1. The molecule has 4 heteroatoms. The summed E-state index contributed by atoms with van der Waals surface area (Å²) in [4.78, 5) is 8.84. The van der Waals surface area contributed by atoms with Crippen molar-refractivity contribution in [2.24, 2.45) is 4.99 Å². The van der Waals surface area contributed by atoms with Crippen molar-refractivity contribution in [1.82, 2.24) is 4.98 Å². The summed E-state index contributed by atoms with van der Waals surface area (Å²) in [6, 6.07) is 9.01. The number of benzene rings is 1. The molecule has 3 rings (SSSR count). The van der Waals surface area contributed by atoms with E-state index in [-0.39, 0.29) is 5.75 Å². The summed E-state index contributed by atoms with van der Waals surface area (Å²) >= 11 is 0. The number of nitrogens with zero attached hydrogens (tertiary/aromatic N) is 2. The molecular formula is C19H20N2O2. The van der Waals surface area contributed by atoms with E-state index in [2.05, 4.69) is 16.1 Å². The molecule has 1 aliphatic heterocycles. The molecule has 1 aromatic carbocycles. The highest BCUT2D eigenvalue weighted by Gasteiger charge is 2.16. The average Bonchev–Trinajstić information content (AvgIpc) is 2.57. The lowest BCUT2D eigenvalue weighted by Crippen LogP contribution is -2.12. The van der Waals surface area contributed by atoms with Gasteiger partial charge >= 0.3 is 0 Å². The highest BCUT2D eigenvalue weighted by Crippen LogP contribution is 2.28. The first-order valence-electron chi connectivity index (χ1n) is 7.82. The van der Waals surface area contributed by atoms with E-state index in [0.29, 0.717) is 5.56 Å². The lowest BCUT2D eigenvalue weighted by atomic mass is 9.93. The van der Waals surface area contributed by atoms with Crippen LogP contribution in [0.15, 0.2) is 53.3 Å². The van der Waals surface area contributed by atoms with E-state index in [1.54, 1.807) is 25.3 Å². The van der Waals surface area contributed by atoms with E-state index in [9.17, 15) is 10.2 Å². The quantitative estimate of drug-likeness (QED) is 0.912. The molecular weight excluding hydrogens is 288 g/mol. The molecule has 4 nitrogen and oxygen atoms in total. The van der Waals surface area contributed by atoms with Crippen LogP contribution in [0.2, 0.25) is 0 Å². The Morgan fingerprint density at radius 3 is 2.87 bits per heavy atom. The number of phenols is 1. The second-order valence-corrected chi connectivity index (χ2v) is 5.73. The van der Waals surface area contributed by atoms with Gasteiger partial charge in [-0.1, -0.05) is 6.07 Å². The minimum absolute atomic E-state index is 0.160. The number of aromatic nitrogens is 1. The predicted octanol–water partition coefficient (Wildman–Crippen LogP) is 3.51. The van der Waals surface area contributed by atoms with E-state index in [1.807, 2.05) is 24.4 Å². The molecule has 0 fully saturated rings. The van der Waals surface area contributed by atoms with Gasteiger partial charge in [-0.2, -0.15) is 0 Å². The molecule has 118 valence electrons. The molecule has 1 atom stereocenters. The minimum atomic E-state index is -0.642. The summed E-state index contributed by atoms with van der Waals surface area (Å²) in [5.74, 6) is 0.160. The maximum absolute atomic E-state index is 9.96. The van der Waals surface area contributed by atoms with Gasteiger partial charge in [0.2, 0.25) is 0 Å². The van der Waals surface area contributed by atoms with Crippen LogP contribution in [0.4, 0.5) is 0 Å². The van der Waals surface area contributed by atoms with Crippen molar-refractivity contribution in [3.8, 4) is 5.75 Å². The Hall–Kier alpha value is -2.46. The Morgan fingerprint density at radius 1 is 1.26 bits per heavy atom. The lowest BCUT2D eigenvalue weighted by Gasteiger charge is -2.17. The zero-order valence-electron chi connectivity index (χ0n) is 13.1. The molecule has 0 amide bonds. The number of hydrogen-bond acceptors (Lipinski definition) is 4. The highest BCUT2D eigenvalue weighted by molar-refractivity contribution is 6.15. The monoisotopic (exact) mass is 308 g/mol. The van der Waals surface area contributed by atoms with Crippen LogP contribution in [-0.4, -0.2) is 27.5 Å². The Bertz CT molecular complexity index is 749. The molecule has 0 saturated carbocycles. The van der Waals surface area contributed by atoms with Crippen molar-refractivity contribution < 1.29 is 10.2 Å². The summed E-state index contributed by atoms with van der Waals surface area (Å²) < 4.78 is 0. The maximum atomic E-state index is 9.96. The van der Waals surface area contributed by atoms with E-state index in [1.165, 1.54) is 0 Å². The summed E-state index contributed by atoms with van der Waals surface area (Å²) in [7, 11) is 0. The molecule has 2 heterocycles. The average molecular weight is 308 g/mol. The van der Waals surface area contributed by atoms with E-state index < -0.39 is 6.10 Å². The van der Waals surface area contributed by atoms with Gasteiger partial charge < -0.3 is 10.2 Å². The fourth-order valence-corrected chi connectivity index (χ4v) is 2.84. The first kappa shape index (κ1) is 15.4. The summed E-state index contributed by atoms with van der Waals surface area (Å²) in [5.41, 5.74) is 4.74. The molecule has 2 N–H and O–H groups in total. The molecule has 0 radical (unpaired) electrons. The van der Waals surface area contributed by atoms with E-state index in [0.717, 1.165) is 41.8 Å². The normalized spacial score (nSPS) is 17.8. The van der Waals surface area contributed by atoms with E-state index >= 15 is 0 Å². The topological polar surface area (TPSA) is 65.7 Å². The van der Waals surface area contributed by atoms with Gasteiger partial charge in [-0.05, 0) is 66.8 Å². The van der Waals surface area contributed by atoms with Crippen molar-refractivity contribution >= 4 is 11.8 Å². The first-order valence-corrected chi connectivity index (χ1v) is 7.82. The zero-order chi connectivity index (χ0) is 16.2. The number of hydrogen-bond donors (Lipinski definition) is 2. The second kappa shape index (κ2) is 6.75. The number of phenolic OH excluding ortho intramolecular Hbond substituents is 1. The fraction of sp³-hybridized carbons (Fsp3) is 0.263. The van der Waals surface area contributed by atoms with Crippen molar-refractivity contribution in [2.75, 3.05) is 6.54 Å². The molecule has 1 unspecified atom stereocenters. The largest absolute Gasteiger partial charge is 0.508 e. The number of aromatic hydroxyl groups is 1. The van der Waals surface area contributed by atoms with Crippen LogP contribution < -0.4 is 0 Å². The third kappa shape index (κ3) is 3.48. The van der Waals surface area contributed by atoms with Gasteiger partial charge in [-0.3, -0.25) is 9.98 Å². The van der Waals surface area contributed by atoms with Crippen LogP contribution in [0.1, 0.15) is 42.6 Å². The molecule has 2 aromatic rings. The van der Waals surface area contributed by atoms with Crippen LogP contribution in [0, 0.1) is 0 Å². The number of aliphatic hydroxyl groups excluding tert-OH is 1. The highest BCUT2D eigenvalue weighted by atomic mass is 16.3. The molecule has 0 saturated heterocycles. The predicted molar refractivity (Wildman–Crippen MR) is 91.6 cm³/mol. The molecule has 0 bridgehead atoms. The van der Waals surface area contributed by atoms with Gasteiger partial charge in [0, 0.05) is 24.5 Å². The van der Waals surface area contributed by atoms with Gasteiger partial charge in [0.1, 0.15) is 5.75 Å². The third-order valence-electron chi connectivity index (χ3n) is 3.96. The van der Waals surface area contributed by atoms with Gasteiger partial charge in [-0.15, -0.1) is 0 Å². The van der Waals surface area contributed by atoms with Gasteiger partial charge in [0.25, 0.3) is 0 Å². The molecule has 0 spiro atoms. The van der Waals surface area contributed by atoms with Crippen LogP contribution in [-0.2, 0) is 0 Å². The van der Waals surface area contributed by atoms with Gasteiger partial charge in [-0.25, -0.2) is 0 Å². The maximum Gasteiger partial charge on any atom is 0.115 e. The van der Waals surface area contributed by atoms with Crippen molar-refractivity contribution in [3.05, 3.63) is 65.0 Å². The Morgan fingerprint density at radius 2 is 2.13 bits per heavy atom. The Labute approximate surface area is 135 Å². The number of aliphatic imine (C=N–C) groups is 1. The minimum Gasteiger partial charge on any atom is -0.508 e. The molecule has 1 aromatic heterocycles. The lowest BCUT2D eigenvalue weighted by molar-refractivity contribution is 0.198. The summed E-state index contributed by atoms with van der Waals surface area (Å²) in [5, 5.41) is 19.6. The molecule has 1 aliphatic rings. The van der Waals surface area contributed by atoms with Crippen LogP contribution in [0.5, 0.6) is 5.75 Å². The fourth-order valence-electron chi connectivity index (χ4n) is 2.84. The number of allylic oxidation sites excluding steroid dienone is 1. The zero-order valence-corrected chi connectivity index (χ0v) is 13.1. The standard InChI is InChI=1S/C19H20N2O2/c1-13(22)18-11-17(23)7-6-14(18)10-15-4-3-9-21-19(15)16-5-2-8-20-12-16/h2,5-8,10-13,22-23H,3-4,9H2,1H3/b15-10+. The number of rotatable bonds is 3. The third-order valence-corrected chi connectivity index (χ3v) is 3.96. The van der Waals surface area contributed by atoms with Crippen molar-refractivity contribution in [1.29, 1.82) is 0 Å². The van der Waals surface area contributed by atoms with Crippen molar-refractivity contribution in [3.63, 3.8) is 0 Å². The van der Waals surface area contributed by atoms with Crippen LogP contribution >= 0.6 is 0 Å². The van der Waals surface area contributed by atoms with Crippen LogP contribution in [0.3, 0.4) is 0 Å². The van der Waals surface area contributed by atoms with Crippen LogP contribution in [0.25, 0.3) is 6.08 Å². The Kier molecular flexibility index (Phi) is 4.53. The van der Waals surface area contributed by atoms with E-state index in [4.69, 9.17) is 0 Å². The van der Waals surface area contributed by atoms with Crippen molar-refractivity contribution in [2.45, 2.75) is 25.9 Å². The summed E-state index contributed by atoms with van der Waals surface area (Å²) in [6.07, 6.45) is 6.95. The Balaban J connectivity index is 2.04. The first-order chi connectivity index (χ1) is 11.1. The smallest absolute Gasteiger partial charge is 0.115 e. The number of pyridine rings is 1. The second-order valence-electron chi connectivity index (χ2n) is 5.73.